The Balaban J connectivity index is 0.000000606. The van der Waals surface area contributed by atoms with Crippen LogP contribution in [-0.2, 0) is 14.3 Å². The Morgan fingerprint density at radius 3 is 2.38 bits per heavy atom. The number of carbonyl (C=O) groups excluding carboxylic acids is 1. The Morgan fingerprint density at radius 2 is 1.75 bits per heavy atom. The van der Waals surface area contributed by atoms with Gasteiger partial charge in [-0.1, -0.05) is 19.9 Å². The van der Waals surface area contributed by atoms with E-state index in [2.05, 4.69) is 0 Å². The number of ether oxygens (including phenoxy) is 2. The molecule has 0 saturated carbocycles. The Morgan fingerprint density at radius 1 is 1.12 bits per heavy atom. The molecule has 0 unspecified atom stereocenters. The van der Waals surface area contributed by atoms with Crippen molar-refractivity contribution in [3.63, 3.8) is 0 Å². The molecule has 1 fully saturated rings. The van der Waals surface area contributed by atoms with Gasteiger partial charge in [0.25, 0.3) is 0 Å². The van der Waals surface area contributed by atoms with E-state index in [1.54, 1.807) is 13.0 Å². The molecule has 0 amide bonds. The van der Waals surface area contributed by atoms with Crippen molar-refractivity contribution in [2.24, 2.45) is 0 Å². The smallest absolute Gasteiger partial charge is 0.161 e. The van der Waals surface area contributed by atoms with Crippen molar-refractivity contribution in [2.75, 3.05) is 13.2 Å². The Hall–Kier alpha value is -1.51. The molecule has 0 atom stereocenters. The third-order valence-electron chi connectivity index (χ3n) is 2.18. The average Bonchev–Trinajstić information content (AvgIpc) is 2.53. The van der Waals surface area contributed by atoms with Gasteiger partial charge >= 0.3 is 0 Å². The second-order valence-electron chi connectivity index (χ2n) is 3.23. The largest absolute Gasteiger partial charge is 0.486 e. The molecule has 2 aliphatic rings. The van der Waals surface area contributed by atoms with Gasteiger partial charge in [-0.3, -0.25) is 4.79 Å². The molecule has 1 aliphatic heterocycles. The molecule has 0 radical (unpaired) electrons. The van der Waals surface area contributed by atoms with Crippen molar-refractivity contribution in [1.29, 1.82) is 0 Å². The Bertz CT molecular complexity index is 348. The van der Waals surface area contributed by atoms with E-state index in [-0.39, 0.29) is 5.78 Å². The summed E-state index contributed by atoms with van der Waals surface area (Å²) in [6.45, 7) is 6.69. The van der Waals surface area contributed by atoms with Gasteiger partial charge in [0.2, 0.25) is 0 Å². The molecule has 16 heavy (non-hydrogen) atoms. The second kappa shape index (κ2) is 6.16. The van der Waals surface area contributed by atoms with E-state index in [1.807, 2.05) is 26.0 Å². The highest BCUT2D eigenvalue weighted by Gasteiger charge is 2.17. The summed E-state index contributed by atoms with van der Waals surface area (Å²) < 4.78 is 10.8. The van der Waals surface area contributed by atoms with Crippen LogP contribution >= 0.6 is 0 Å². The molecule has 2 rings (SSSR count). The van der Waals surface area contributed by atoms with Gasteiger partial charge in [0, 0.05) is 5.57 Å². The van der Waals surface area contributed by atoms with E-state index in [1.165, 1.54) is 0 Å². The van der Waals surface area contributed by atoms with Crippen LogP contribution in [0.5, 0.6) is 0 Å². The van der Waals surface area contributed by atoms with Crippen molar-refractivity contribution in [2.45, 2.75) is 27.2 Å². The highest BCUT2D eigenvalue weighted by Crippen LogP contribution is 2.23. The Labute approximate surface area is 96.4 Å². The second-order valence-corrected chi connectivity index (χ2v) is 3.23. The van der Waals surface area contributed by atoms with Crippen LogP contribution in [-0.4, -0.2) is 19.0 Å². The van der Waals surface area contributed by atoms with Crippen LogP contribution < -0.4 is 0 Å². The van der Waals surface area contributed by atoms with Crippen LogP contribution in [0.4, 0.5) is 0 Å². The van der Waals surface area contributed by atoms with Crippen molar-refractivity contribution in [1.82, 2.24) is 0 Å². The highest BCUT2D eigenvalue weighted by atomic mass is 16.6. The maximum absolute atomic E-state index is 11.2. The number of ketones is 1. The van der Waals surface area contributed by atoms with E-state index in [0.29, 0.717) is 31.0 Å². The number of carbonyl (C=O) groups is 1. The maximum atomic E-state index is 11.2. The topological polar surface area (TPSA) is 35.5 Å². The average molecular weight is 222 g/mol. The van der Waals surface area contributed by atoms with Gasteiger partial charge in [0.15, 0.2) is 17.3 Å². The zero-order valence-corrected chi connectivity index (χ0v) is 10.1. The summed E-state index contributed by atoms with van der Waals surface area (Å²) in [5.74, 6) is 1.49. The fraction of sp³-hybridized carbons (Fsp3) is 0.462. The number of allylic oxidation sites excluding steroid dienone is 4. The summed E-state index contributed by atoms with van der Waals surface area (Å²) in [7, 11) is 0. The fourth-order valence-electron chi connectivity index (χ4n) is 1.46. The van der Waals surface area contributed by atoms with Crippen LogP contribution in [0, 0.1) is 0 Å². The first kappa shape index (κ1) is 12.6. The first-order valence-electron chi connectivity index (χ1n) is 5.66. The Kier molecular flexibility index (Phi) is 4.83. The summed E-state index contributed by atoms with van der Waals surface area (Å²) in [5, 5.41) is 0. The van der Waals surface area contributed by atoms with Crippen LogP contribution in [0.25, 0.3) is 0 Å². The van der Waals surface area contributed by atoms with Crippen LogP contribution in [0.1, 0.15) is 27.2 Å². The van der Waals surface area contributed by atoms with Gasteiger partial charge in [-0.15, -0.1) is 0 Å². The summed E-state index contributed by atoms with van der Waals surface area (Å²) in [6.07, 6.45) is 6.28. The minimum atomic E-state index is 0.0568. The molecule has 1 saturated heterocycles. The van der Waals surface area contributed by atoms with Crippen molar-refractivity contribution < 1.29 is 14.3 Å². The van der Waals surface area contributed by atoms with E-state index < -0.39 is 0 Å². The third-order valence-corrected chi connectivity index (χ3v) is 2.18. The molecule has 0 spiro atoms. The lowest BCUT2D eigenvalue weighted by atomic mass is 10.1. The first-order valence-corrected chi connectivity index (χ1v) is 5.66. The van der Waals surface area contributed by atoms with Crippen molar-refractivity contribution in [3.8, 4) is 0 Å². The minimum Gasteiger partial charge on any atom is -0.486 e. The fourth-order valence-corrected chi connectivity index (χ4v) is 1.46. The molecule has 1 heterocycles. The molecule has 0 aromatic rings. The summed E-state index contributed by atoms with van der Waals surface area (Å²) in [5.41, 5.74) is 0.691. The zero-order valence-electron chi connectivity index (χ0n) is 10.1. The molecule has 0 aromatic carbocycles. The quantitative estimate of drug-likeness (QED) is 0.684. The molecule has 0 N–H and O–H groups in total. The highest BCUT2D eigenvalue weighted by molar-refractivity contribution is 5.96. The molecular weight excluding hydrogens is 204 g/mol. The summed E-state index contributed by atoms with van der Waals surface area (Å²) in [4.78, 5) is 11.2. The van der Waals surface area contributed by atoms with Gasteiger partial charge < -0.3 is 9.47 Å². The summed E-state index contributed by atoms with van der Waals surface area (Å²) in [6, 6.07) is 0. The van der Waals surface area contributed by atoms with E-state index in [9.17, 15) is 4.79 Å². The number of hydrogen-bond acceptors (Lipinski definition) is 3. The predicted molar refractivity (Wildman–Crippen MR) is 62.8 cm³/mol. The van der Waals surface area contributed by atoms with E-state index >= 15 is 0 Å². The van der Waals surface area contributed by atoms with E-state index in [0.717, 1.165) is 5.76 Å². The van der Waals surface area contributed by atoms with Gasteiger partial charge in [-0.05, 0) is 25.5 Å². The van der Waals surface area contributed by atoms with Gasteiger partial charge in [0.05, 0.1) is 0 Å². The van der Waals surface area contributed by atoms with Crippen LogP contribution in [0.2, 0.25) is 0 Å². The molecule has 0 aromatic heterocycles. The van der Waals surface area contributed by atoms with Crippen LogP contribution in [0.15, 0.2) is 35.3 Å². The summed E-state index contributed by atoms with van der Waals surface area (Å²) >= 11 is 0. The van der Waals surface area contributed by atoms with Crippen molar-refractivity contribution in [3.05, 3.63) is 35.3 Å². The molecule has 3 heteroatoms. The maximum Gasteiger partial charge on any atom is 0.161 e. The lowest BCUT2D eigenvalue weighted by Gasteiger charge is -2.20. The molecule has 1 aliphatic carbocycles. The van der Waals surface area contributed by atoms with Gasteiger partial charge in [0.1, 0.15) is 13.2 Å². The number of rotatable bonds is 1. The molecular formula is C13H18O3. The number of hydrogen-bond donors (Lipinski definition) is 0. The monoisotopic (exact) mass is 222 g/mol. The lowest BCUT2D eigenvalue weighted by molar-refractivity contribution is -0.113. The number of fused-ring (bicyclic) bond motifs is 1. The van der Waals surface area contributed by atoms with E-state index in [4.69, 9.17) is 9.47 Å². The van der Waals surface area contributed by atoms with Gasteiger partial charge in [-0.2, -0.15) is 0 Å². The zero-order chi connectivity index (χ0) is 12.0. The minimum absolute atomic E-state index is 0.0568. The lowest BCUT2D eigenvalue weighted by Crippen LogP contribution is -2.14. The predicted octanol–water partition coefficient (Wildman–Crippen LogP) is 2.75. The standard InChI is InChI=1S/C11H12O3.C2H6/c1-8(12)9-3-2-4-10-11(7-9)14-6-5-13-10;1-2/h3-4,7H,2,5-6H2,1H3;1-2H3. The van der Waals surface area contributed by atoms with Crippen molar-refractivity contribution >= 4 is 5.78 Å². The SMILES string of the molecule is CC.CC(=O)C1=CCC=C2OCCOC2=C1. The third kappa shape index (κ3) is 2.99. The first-order chi connectivity index (χ1) is 7.77. The molecule has 88 valence electrons. The molecule has 3 nitrogen and oxygen atoms in total. The van der Waals surface area contributed by atoms with Crippen LogP contribution in [0.3, 0.4) is 0 Å². The van der Waals surface area contributed by atoms with Gasteiger partial charge in [-0.25, -0.2) is 0 Å². The molecule has 0 bridgehead atoms. The number of Topliss-reactive ketones (excluding diaryl/α,β-unsaturated/α-hetero) is 1. The normalized spacial score (nSPS) is 18.1.